The molecule has 190 valence electrons. The number of anilines is 1. The Morgan fingerprint density at radius 1 is 1.06 bits per heavy atom. The van der Waals surface area contributed by atoms with Crippen LogP contribution in [0.3, 0.4) is 0 Å². The van der Waals surface area contributed by atoms with Crippen molar-refractivity contribution in [3.05, 3.63) is 56.4 Å². The second kappa shape index (κ2) is 10.2. The van der Waals surface area contributed by atoms with Crippen molar-refractivity contribution < 1.29 is 19.1 Å². The van der Waals surface area contributed by atoms with Crippen LogP contribution in [0, 0.1) is 6.92 Å². The Kier molecular flexibility index (Phi) is 7.09. The highest BCUT2D eigenvalue weighted by molar-refractivity contribution is 6.05. The number of nitrogens with zero attached hydrogens (tertiary/aromatic N) is 4. The van der Waals surface area contributed by atoms with Crippen LogP contribution in [0.15, 0.2) is 33.9 Å². The van der Waals surface area contributed by atoms with Gasteiger partial charge in [0.1, 0.15) is 23.7 Å². The number of aromatic nitrogens is 3. The summed E-state index contributed by atoms with van der Waals surface area (Å²) in [6.07, 6.45) is 2.84. The molecule has 3 aromatic rings. The van der Waals surface area contributed by atoms with E-state index in [2.05, 4.69) is 10.3 Å². The third kappa shape index (κ3) is 4.68. The van der Waals surface area contributed by atoms with Crippen LogP contribution < -0.4 is 26.0 Å². The van der Waals surface area contributed by atoms with Crippen molar-refractivity contribution in [2.45, 2.75) is 32.7 Å². The molecule has 0 saturated carbocycles. The van der Waals surface area contributed by atoms with Crippen molar-refractivity contribution in [1.29, 1.82) is 0 Å². The Balaban J connectivity index is 1.75. The topological polar surface area (TPSA) is 125 Å². The number of carbonyl (C=O) groups is 2. The van der Waals surface area contributed by atoms with E-state index in [1.165, 1.54) is 25.8 Å². The number of nitrogens with one attached hydrogen (secondary N) is 1. The molecule has 1 aromatic carbocycles. The predicted molar refractivity (Wildman–Crippen MR) is 134 cm³/mol. The van der Waals surface area contributed by atoms with Gasteiger partial charge in [0.15, 0.2) is 0 Å². The van der Waals surface area contributed by atoms with Gasteiger partial charge in [-0.05, 0) is 44.4 Å². The lowest BCUT2D eigenvalue weighted by Gasteiger charge is -2.27. The molecule has 0 atom stereocenters. The molecular weight excluding hydrogens is 466 g/mol. The Morgan fingerprint density at radius 2 is 1.78 bits per heavy atom. The molecule has 36 heavy (non-hydrogen) atoms. The van der Waals surface area contributed by atoms with Gasteiger partial charge in [-0.25, -0.2) is 9.78 Å². The normalized spacial score (nSPS) is 13.5. The van der Waals surface area contributed by atoms with Gasteiger partial charge in [0.25, 0.3) is 11.5 Å². The molecular formula is C25H29N5O6. The zero-order chi connectivity index (χ0) is 26.0. The molecule has 4 rings (SSSR count). The van der Waals surface area contributed by atoms with Gasteiger partial charge in [0, 0.05) is 31.9 Å². The van der Waals surface area contributed by atoms with E-state index in [9.17, 15) is 19.2 Å². The molecule has 1 fully saturated rings. The summed E-state index contributed by atoms with van der Waals surface area (Å²) in [5.41, 5.74) is -0.284. The Morgan fingerprint density at radius 3 is 2.44 bits per heavy atom. The number of aryl methyl sites for hydroxylation is 2. The van der Waals surface area contributed by atoms with Gasteiger partial charge >= 0.3 is 5.69 Å². The van der Waals surface area contributed by atoms with E-state index in [1.807, 2.05) is 0 Å². The second-order valence-corrected chi connectivity index (χ2v) is 8.71. The third-order valence-electron chi connectivity index (χ3n) is 6.28. The zero-order valence-corrected chi connectivity index (χ0v) is 20.8. The molecule has 1 N–H and O–H groups in total. The fourth-order valence-electron chi connectivity index (χ4n) is 4.41. The number of benzene rings is 1. The lowest BCUT2D eigenvalue weighted by Crippen LogP contribution is -2.43. The van der Waals surface area contributed by atoms with Crippen LogP contribution in [0.5, 0.6) is 11.5 Å². The standard InChI is InChI=1S/C25H29N5O6/c1-15-12-17(23(32)29-10-6-5-7-11-29)21-22(26-15)28(2)25(34)30(24(21)33)14-20(31)27-18-9-8-16(35-3)13-19(18)36-4/h8-9,12-13H,5-7,10-11,14H2,1-4H3,(H,27,31). The fourth-order valence-corrected chi connectivity index (χ4v) is 4.41. The predicted octanol–water partition coefficient (Wildman–Crippen LogP) is 1.69. The summed E-state index contributed by atoms with van der Waals surface area (Å²) in [4.78, 5) is 58.9. The van der Waals surface area contributed by atoms with Gasteiger partial charge in [0.2, 0.25) is 5.91 Å². The number of fused-ring (bicyclic) bond motifs is 1. The number of ether oxygens (including phenoxy) is 2. The lowest BCUT2D eigenvalue weighted by atomic mass is 10.1. The van der Waals surface area contributed by atoms with E-state index in [0.29, 0.717) is 36.0 Å². The van der Waals surface area contributed by atoms with Crippen molar-refractivity contribution >= 4 is 28.5 Å². The monoisotopic (exact) mass is 495 g/mol. The van der Waals surface area contributed by atoms with E-state index in [-0.39, 0.29) is 22.5 Å². The number of amides is 2. The Labute approximate surface area is 207 Å². The van der Waals surface area contributed by atoms with Crippen molar-refractivity contribution in [2.75, 3.05) is 32.6 Å². The van der Waals surface area contributed by atoms with Crippen molar-refractivity contribution in [3.63, 3.8) is 0 Å². The van der Waals surface area contributed by atoms with Gasteiger partial charge in [-0.1, -0.05) is 0 Å². The van der Waals surface area contributed by atoms with Gasteiger partial charge in [-0.3, -0.25) is 23.5 Å². The fraction of sp³-hybridized carbons (Fsp3) is 0.400. The number of hydrogen-bond acceptors (Lipinski definition) is 7. The van der Waals surface area contributed by atoms with Crippen LogP contribution >= 0.6 is 0 Å². The van der Waals surface area contributed by atoms with Gasteiger partial charge < -0.3 is 19.7 Å². The molecule has 0 unspecified atom stereocenters. The summed E-state index contributed by atoms with van der Waals surface area (Å²) in [6.45, 7) is 2.36. The van der Waals surface area contributed by atoms with E-state index in [1.54, 1.807) is 36.1 Å². The number of hydrogen-bond donors (Lipinski definition) is 1. The molecule has 2 aromatic heterocycles. The smallest absolute Gasteiger partial charge is 0.332 e. The number of pyridine rings is 1. The summed E-state index contributed by atoms with van der Waals surface area (Å²) < 4.78 is 12.5. The van der Waals surface area contributed by atoms with Crippen LogP contribution in [-0.2, 0) is 18.4 Å². The molecule has 0 spiro atoms. The highest BCUT2D eigenvalue weighted by Crippen LogP contribution is 2.29. The first-order valence-electron chi connectivity index (χ1n) is 11.7. The van der Waals surface area contributed by atoms with Crippen molar-refractivity contribution in [2.24, 2.45) is 7.05 Å². The molecule has 1 saturated heterocycles. The minimum atomic E-state index is -0.738. The quantitative estimate of drug-likeness (QED) is 0.552. The summed E-state index contributed by atoms with van der Waals surface area (Å²) in [5.74, 6) is 0.00891. The van der Waals surface area contributed by atoms with Crippen molar-refractivity contribution in [3.8, 4) is 11.5 Å². The maximum absolute atomic E-state index is 13.5. The summed E-state index contributed by atoms with van der Waals surface area (Å²) in [6, 6.07) is 6.41. The first kappa shape index (κ1) is 25.0. The molecule has 11 heteroatoms. The van der Waals surface area contributed by atoms with Crippen LogP contribution in [-0.4, -0.2) is 58.1 Å². The van der Waals surface area contributed by atoms with E-state index in [0.717, 1.165) is 23.8 Å². The van der Waals surface area contributed by atoms with E-state index in [4.69, 9.17) is 9.47 Å². The third-order valence-corrected chi connectivity index (χ3v) is 6.28. The second-order valence-electron chi connectivity index (χ2n) is 8.71. The molecule has 1 aliphatic heterocycles. The summed E-state index contributed by atoms with van der Waals surface area (Å²) in [7, 11) is 4.42. The van der Waals surface area contributed by atoms with Crippen LogP contribution in [0.2, 0.25) is 0 Å². The van der Waals surface area contributed by atoms with Gasteiger partial charge in [-0.15, -0.1) is 0 Å². The molecule has 0 radical (unpaired) electrons. The van der Waals surface area contributed by atoms with Gasteiger partial charge in [-0.2, -0.15) is 0 Å². The molecule has 11 nitrogen and oxygen atoms in total. The average Bonchev–Trinajstić information content (AvgIpc) is 2.89. The molecule has 0 bridgehead atoms. The largest absolute Gasteiger partial charge is 0.497 e. The maximum atomic E-state index is 13.5. The Bertz CT molecular complexity index is 1450. The first-order chi connectivity index (χ1) is 17.2. The maximum Gasteiger partial charge on any atom is 0.332 e. The van der Waals surface area contributed by atoms with Crippen molar-refractivity contribution in [1.82, 2.24) is 19.0 Å². The van der Waals surface area contributed by atoms with Gasteiger partial charge in [0.05, 0.1) is 30.9 Å². The molecule has 3 heterocycles. The number of rotatable bonds is 6. The highest BCUT2D eigenvalue weighted by Gasteiger charge is 2.25. The van der Waals surface area contributed by atoms with Crippen LogP contribution in [0.4, 0.5) is 5.69 Å². The van der Waals surface area contributed by atoms with Crippen LogP contribution in [0.1, 0.15) is 35.3 Å². The van der Waals surface area contributed by atoms with E-state index < -0.39 is 23.7 Å². The summed E-state index contributed by atoms with van der Waals surface area (Å²) >= 11 is 0. The Hall–Kier alpha value is -4.15. The number of methoxy groups -OCH3 is 2. The molecule has 1 aliphatic rings. The zero-order valence-electron chi connectivity index (χ0n) is 20.8. The SMILES string of the molecule is COc1ccc(NC(=O)Cn2c(=O)c3c(C(=O)N4CCCCC4)cc(C)nc3n(C)c2=O)c(OC)c1. The molecule has 0 aliphatic carbocycles. The minimum absolute atomic E-state index is 0.0214. The first-order valence-corrected chi connectivity index (χ1v) is 11.7. The van der Waals surface area contributed by atoms with Crippen LogP contribution in [0.25, 0.3) is 11.0 Å². The lowest BCUT2D eigenvalue weighted by molar-refractivity contribution is -0.116. The number of likely N-dealkylation sites (tertiary alicyclic amines) is 1. The highest BCUT2D eigenvalue weighted by atomic mass is 16.5. The minimum Gasteiger partial charge on any atom is -0.497 e. The average molecular weight is 496 g/mol. The number of carbonyl (C=O) groups excluding carboxylic acids is 2. The van der Waals surface area contributed by atoms with E-state index >= 15 is 0 Å². The molecule has 2 amide bonds. The summed E-state index contributed by atoms with van der Waals surface area (Å²) in [5, 5.41) is 2.68. The number of piperidine rings is 1.